The quantitative estimate of drug-likeness (QED) is 0.456. The number of pyridine rings is 1. The molecule has 1 aromatic heterocycles. The molecule has 0 saturated heterocycles. The third kappa shape index (κ3) is 5.88. The summed E-state index contributed by atoms with van der Waals surface area (Å²) in [5, 5.41) is 0.744. The van der Waals surface area contributed by atoms with Gasteiger partial charge in [-0.2, -0.15) is 0 Å². The van der Waals surface area contributed by atoms with Crippen LogP contribution >= 0.6 is 23.2 Å². The van der Waals surface area contributed by atoms with E-state index in [-0.39, 0.29) is 22.7 Å². The zero-order valence-electron chi connectivity index (χ0n) is 16.8. The average Bonchev–Trinajstić information content (AvgIpc) is 2.61. The van der Waals surface area contributed by atoms with Gasteiger partial charge in [0.1, 0.15) is 11.4 Å². The summed E-state index contributed by atoms with van der Waals surface area (Å²) in [5.41, 5.74) is 1.55. The summed E-state index contributed by atoms with van der Waals surface area (Å²) in [7, 11) is -3.76. The summed E-state index contributed by atoms with van der Waals surface area (Å²) < 4.78 is 34.1. The number of hydrogen-bond donors (Lipinski definition) is 1. The van der Waals surface area contributed by atoms with Crippen LogP contribution in [0.4, 0.5) is 5.69 Å². The van der Waals surface area contributed by atoms with Crippen molar-refractivity contribution >= 4 is 38.9 Å². The maximum absolute atomic E-state index is 12.7. The molecule has 0 atom stereocenters. The highest BCUT2D eigenvalue weighted by Crippen LogP contribution is 2.35. The van der Waals surface area contributed by atoms with Crippen molar-refractivity contribution in [2.75, 3.05) is 4.72 Å². The Labute approximate surface area is 187 Å². The Kier molecular flexibility index (Phi) is 6.60. The zero-order valence-corrected chi connectivity index (χ0v) is 19.1. The number of halogens is 2. The Morgan fingerprint density at radius 3 is 2.33 bits per heavy atom. The zero-order chi connectivity index (χ0) is 21.9. The first-order chi connectivity index (χ1) is 14.0. The highest BCUT2D eigenvalue weighted by atomic mass is 35.5. The summed E-state index contributed by atoms with van der Waals surface area (Å²) in [4.78, 5) is 4.23. The van der Waals surface area contributed by atoms with Crippen molar-refractivity contribution in [3.05, 3.63) is 82.0 Å². The van der Waals surface area contributed by atoms with E-state index in [0.717, 1.165) is 5.56 Å². The van der Waals surface area contributed by atoms with Gasteiger partial charge in [-0.15, -0.1) is 0 Å². The third-order valence-corrected chi connectivity index (χ3v) is 5.90. The minimum absolute atomic E-state index is 0.156. The molecule has 0 radical (unpaired) electrons. The van der Waals surface area contributed by atoms with E-state index in [4.69, 9.17) is 27.9 Å². The molecule has 0 amide bonds. The molecule has 0 fully saturated rings. The number of aromatic nitrogens is 1. The first-order valence-electron chi connectivity index (χ1n) is 9.21. The largest absolute Gasteiger partial charge is 0.437 e. The van der Waals surface area contributed by atoms with Crippen LogP contribution in [0.15, 0.2) is 60.8 Å². The van der Waals surface area contributed by atoms with E-state index in [1.165, 1.54) is 0 Å². The number of para-hydroxylation sites is 1. The van der Waals surface area contributed by atoms with Crippen molar-refractivity contribution in [1.29, 1.82) is 0 Å². The average molecular weight is 465 g/mol. The Hall–Kier alpha value is -2.28. The maximum Gasteiger partial charge on any atom is 0.243 e. The molecule has 0 aliphatic rings. The summed E-state index contributed by atoms with van der Waals surface area (Å²) in [5.74, 6) is 0.493. The second kappa shape index (κ2) is 8.84. The van der Waals surface area contributed by atoms with Crippen LogP contribution in [-0.2, 0) is 21.2 Å². The van der Waals surface area contributed by atoms with Crippen LogP contribution in [0.2, 0.25) is 10.0 Å². The fourth-order valence-electron chi connectivity index (χ4n) is 2.95. The molecule has 3 aromatic rings. The number of sulfonamides is 1. The van der Waals surface area contributed by atoms with Crippen molar-refractivity contribution in [1.82, 2.24) is 4.98 Å². The molecule has 0 saturated carbocycles. The number of rotatable bonds is 6. The predicted molar refractivity (Wildman–Crippen MR) is 122 cm³/mol. The normalized spacial score (nSPS) is 11.9. The van der Waals surface area contributed by atoms with Crippen molar-refractivity contribution in [3.63, 3.8) is 0 Å². The van der Waals surface area contributed by atoms with Crippen LogP contribution in [0.5, 0.6) is 11.6 Å². The molecular weight excluding hydrogens is 443 g/mol. The van der Waals surface area contributed by atoms with Crippen LogP contribution in [0.25, 0.3) is 0 Å². The molecular formula is C22H22Cl2N2O3S. The van der Waals surface area contributed by atoms with Gasteiger partial charge in [0.2, 0.25) is 15.9 Å². The summed E-state index contributed by atoms with van der Waals surface area (Å²) in [6.07, 6.45) is 1.55. The predicted octanol–water partition coefficient (Wildman–Crippen LogP) is 6.42. The van der Waals surface area contributed by atoms with Crippen molar-refractivity contribution < 1.29 is 13.2 Å². The van der Waals surface area contributed by atoms with E-state index < -0.39 is 10.0 Å². The highest BCUT2D eigenvalue weighted by Gasteiger charge is 2.21. The molecule has 1 heterocycles. The first-order valence-corrected chi connectivity index (χ1v) is 11.6. The number of anilines is 1. The smallest absolute Gasteiger partial charge is 0.243 e. The highest BCUT2D eigenvalue weighted by molar-refractivity contribution is 7.91. The van der Waals surface area contributed by atoms with Gasteiger partial charge in [0.25, 0.3) is 0 Å². The Balaban J connectivity index is 1.87. The van der Waals surface area contributed by atoms with Gasteiger partial charge in [0, 0.05) is 21.8 Å². The van der Waals surface area contributed by atoms with Crippen LogP contribution < -0.4 is 9.46 Å². The summed E-state index contributed by atoms with van der Waals surface area (Å²) in [6, 6.07) is 15.5. The van der Waals surface area contributed by atoms with Crippen LogP contribution in [0, 0.1) is 0 Å². The Morgan fingerprint density at radius 1 is 1.00 bits per heavy atom. The van der Waals surface area contributed by atoms with Crippen molar-refractivity contribution in [2.24, 2.45) is 0 Å². The lowest BCUT2D eigenvalue weighted by molar-refractivity contribution is 0.442. The summed E-state index contributed by atoms with van der Waals surface area (Å²) in [6.45, 7) is 6.23. The van der Waals surface area contributed by atoms with Crippen LogP contribution in [0.1, 0.15) is 31.9 Å². The fraction of sp³-hybridized carbons (Fsp3) is 0.227. The molecule has 0 bridgehead atoms. The van der Waals surface area contributed by atoms with Gasteiger partial charge >= 0.3 is 0 Å². The second-order valence-corrected chi connectivity index (χ2v) is 10.4. The van der Waals surface area contributed by atoms with Gasteiger partial charge in [0.15, 0.2) is 0 Å². The van der Waals surface area contributed by atoms with E-state index >= 15 is 0 Å². The van der Waals surface area contributed by atoms with E-state index in [1.807, 2.05) is 24.3 Å². The van der Waals surface area contributed by atoms with Crippen LogP contribution in [-0.4, -0.2) is 13.4 Å². The maximum atomic E-state index is 12.7. The molecule has 3 rings (SSSR count). The number of ether oxygens (including phenoxy) is 1. The van der Waals surface area contributed by atoms with E-state index in [2.05, 4.69) is 30.5 Å². The Bertz CT molecular complexity index is 1140. The lowest BCUT2D eigenvalue weighted by Crippen LogP contribution is -2.16. The SMILES string of the molecule is CC(C)(C)c1ccccc1Oc1ncccc1NS(=O)(=O)Cc1cc(Cl)cc(Cl)c1. The molecule has 5 nitrogen and oxygen atoms in total. The number of nitrogens with zero attached hydrogens (tertiary/aromatic N) is 1. The van der Waals surface area contributed by atoms with Gasteiger partial charge in [-0.05, 0) is 47.4 Å². The molecule has 30 heavy (non-hydrogen) atoms. The molecule has 0 spiro atoms. The monoisotopic (exact) mass is 464 g/mol. The van der Waals surface area contributed by atoms with Crippen molar-refractivity contribution in [3.8, 4) is 11.6 Å². The third-order valence-electron chi connectivity index (χ3n) is 4.22. The van der Waals surface area contributed by atoms with Gasteiger partial charge in [-0.3, -0.25) is 4.72 Å². The molecule has 2 aromatic carbocycles. The van der Waals surface area contributed by atoms with Crippen molar-refractivity contribution in [2.45, 2.75) is 31.9 Å². The topological polar surface area (TPSA) is 68.3 Å². The number of benzene rings is 2. The van der Waals surface area contributed by atoms with E-state index in [1.54, 1.807) is 36.5 Å². The second-order valence-electron chi connectivity index (χ2n) is 7.84. The fourth-order valence-corrected chi connectivity index (χ4v) is 4.69. The van der Waals surface area contributed by atoms with Gasteiger partial charge in [-0.1, -0.05) is 62.2 Å². The minimum atomic E-state index is -3.76. The molecule has 158 valence electrons. The first kappa shape index (κ1) is 22.4. The van der Waals surface area contributed by atoms with E-state index in [0.29, 0.717) is 21.4 Å². The van der Waals surface area contributed by atoms with Gasteiger partial charge in [0.05, 0.1) is 5.75 Å². The standard InChI is InChI=1S/C22H22Cl2N2O3S/c1-22(2,3)18-7-4-5-9-20(18)29-21-19(8-6-10-25-21)26-30(27,28)14-15-11-16(23)13-17(24)12-15/h4-13,26H,14H2,1-3H3. The number of nitrogens with one attached hydrogen (secondary N) is 1. The van der Waals surface area contributed by atoms with E-state index in [9.17, 15) is 8.42 Å². The molecule has 0 aliphatic heterocycles. The van der Waals surface area contributed by atoms with Gasteiger partial charge in [-0.25, -0.2) is 13.4 Å². The molecule has 0 unspecified atom stereocenters. The number of hydrogen-bond acceptors (Lipinski definition) is 4. The summed E-state index contributed by atoms with van der Waals surface area (Å²) >= 11 is 12.0. The van der Waals surface area contributed by atoms with Gasteiger partial charge < -0.3 is 4.74 Å². The van der Waals surface area contributed by atoms with Crippen LogP contribution in [0.3, 0.4) is 0 Å². The minimum Gasteiger partial charge on any atom is -0.437 e. The lowest BCUT2D eigenvalue weighted by atomic mass is 9.86. The molecule has 0 aliphatic carbocycles. The molecule has 1 N–H and O–H groups in total. The Morgan fingerprint density at radius 2 is 1.67 bits per heavy atom. The lowest BCUT2D eigenvalue weighted by Gasteiger charge is -2.22. The molecule has 8 heteroatoms.